The Balaban J connectivity index is 0.879. The molecule has 0 spiro atoms. The number of aryl methyl sites for hydroxylation is 1. The highest BCUT2D eigenvalue weighted by Gasteiger charge is 2.76. The van der Waals surface area contributed by atoms with Gasteiger partial charge >= 0.3 is 13.8 Å². The van der Waals surface area contributed by atoms with E-state index >= 15 is 4.79 Å². The molecule has 1 heterocycles. The lowest BCUT2D eigenvalue weighted by atomic mass is 9.46. The first-order valence-corrected chi connectivity index (χ1v) is 29.8. The van der Waals surface area contributed by atoms with Crippen molar-refractivity contribution in [3.8, 4) is 5.75 Å². The summed E-state index contributed by atoms with van der Waals surface area (Å²) in [6.07, 6.45) is 17.2. The Morgan fingerprint density at radius 2 is 1.68 bits per heavy atom. The van der Waals surface area contributed by atoms with Gasteiger partial charge in [-0.15, -0.1) is 0 Å². The number of phosphoric ester groups is 1. The Kier molecular flexibility index (Phi) is 19.2. The zero-order valence-electron chi connectivity index (χ0n) is 45.0. The number of benzene rings is 2. The number of hydrogen-bond acceptors (Lipinski definition) is 12. The minimum Gasteiger partial charge on any atom is -0.453 e. The number of fused-ring (bicyclic) bond motifs is 7. The third kappa shape index (κ3) is 13.0. The van der Waals surface area contributed by atoms with Crippen LogP contribution in [0.25, 0.3) is 0 Å². The van der Waals surface area contributed by atoms with E-state index in [2.05, 4.69) is 43.4 Å². The fraction of sp³-hybridized carbons (Fsp3) is 0.678. The first kappa shape index (κ1) is 57.6. The van der Waals surface area contributed by atoms with Gasteiger partial charge in [-0.3, -0.25) is 19.4 Å². The van der Waals surface area contributed by atoms with E-state index in [1.165, 1.54) is 11.6 Å². The van der Waals surface area contributed by atoms with Crippen molar-refractivity contribution in [2.24, 2.45) is 34.5 Å². The summed E-state index contributed by atoms with van der Waals surface area (Å²) in [7, 11) is -4.99. The van der Waals surface area contributed by atoms with Gasteiger partial charge in [0.1, 0.15) is 12.3 Å². The number of esters is 1. The second kappa shape index (κ2) is 25.0. The topological polar surface area (TPSA) is 207 Å². The summed E-state index contributed by atoms with van der Waals surface area (Å²) in [5.41, 5.74) is 0.570. The highest BCUT2D eigenvalue weighted by Crippen LogP contribution is 2.70. The van der Waals surface area contributed by atoms with Crippen molar-refractivity contribution in [1.29, 1.82) is 0 Å². The SMILES string of the molecule is CC[N+](CC)(CC(=O)OCC(=O)[C@@]12O[C@H](C3CCCCC3)O[C@@H]1CC1C3CCC4=CC(=O)C=C[C@]4(C)C3C(O)C[C@@]12C)Cc1cc([C@@H](O)CNCCCCCCOCCCCc2ccccc2)ccc1OP(=O)(O)O. The van der Waals surface area contributed by atoms with Crippen LogP contribution in [0.2, 0.25) is 0 Å². The maximum Gasteiger partial charge on any atom is 0.524 e. The smallest absolute Gasteiger partial charge is 0.453 e. The zero-order chi connectivity index (χ0) is 53.4. The fourth-order valence-electron chi connectivity index (χ4n) is 14.5. The number of ether oxygens (including phenoxy) is 4. The molecule has 4 saturated carbocycles. The first-order chi connectivity index (χ1) is 35.9. The highest BCUT2D eigenvalue weighted by atomic mass is 31.2. The number of likely N-dealkylation sites (N-methyl/N-ethyl adjacent to an activating group) is 1. The third-order valence-electron chi connectivity index (χ3n) is 18.6. The van der Waals surface area contributed by atoms with Gasteiger partial charge in [0.05, 0.1) is 31.4 Å². The lowest BCUT2D eigenvalue weighted by Crippen LogP contribution is -2.64. The van der Waals surface area contributed by atoms with Crippen LogP contribution in [-0.4, -0.2) is 119 Å². The fourth-order valence-corrected chi connectivity index (χ4v) is 14.9. The molecule has 1 saturated heterocycles. The van der Waals surface area contributed by atoms with Crippen LogP contribution in [0.5, 0.6) is 5.75 Å². The summed E-state index contributed by atoms with van der Waals surface area (Å²) >= 11 is 0. The molecule has 75 heavy (non-hydrogen) atoms. The van der Waals surface area contributed by atoms with Gasteiger partial charge in [-0.05, 0) is 138 Å². The normalized spacial score (nSPS) is 30.0. The van der Waals surface area contributed by atoms with Crippen LogP contribution in [0.4, 0.5) is 0 Å². The number of Topliss-reactive ketones (excluding diaryl/α,β-unsaturated/α-hetero) is 1. The van der Waals surface area contributed by atoms with Crippen LogP contribution < -0.4 is 9.84 Å². The van der Waals surface area contributed by atoms with Crippen molar-refractivity contribution in [2.45, 2.75) is 167 Å². The molecule has 0 radical (unpaired) electrons. The number of nitrogens with zero attached hydrogens (tertiary/aromatic N) is 1. The number of aliphatic hydroxyl groups excluding tert-OH is 2. The van der Waals surface area contributed by atoms with Gasteiger partial charge in [0.25, 0.3) is 0 Å². The van der Waals surface area contributed by atoms with Crippen LogP contribution in [0, 0.1) is 34.5 Å². The number of carbonyl (C=O) groups excluding carboxylic acids is 3. The number of hydrogen-bond donors (Lipinski definition) is 5. The molecule has 0 aromatic heterocycles. The zero-order valence-corrected chi connectivity index (χ0v) is 45.9. The van der Waals surface area contributed by atoms with Crippen LogP contribution in [0.1, 0.15) is 147 Å². The van der Waals surface area contributed by atoms with Crippen molar-refractivity contribution in [2.75, 3.05) is 52.5 Å². The number of ketones is 2. The van der Waals surface area contributed by atoms with Crippen molar-refractivity contribution < 1.29 is 66.9 Å². The number of unbranched alkanes of at least 4 members (excludes halogenated alkanes) is 4. The molecule has 0 bridgehead atoms. The van der Waals surface area contributed by atoms with E-state index in [4.69, 9.17) is 23.5 Å². The average Bonchev–Trinajstić information content (AvgIpc) is 3.90. The molecule has 2 aromatic rings. The summed E-state index contributed by atoms with van der Waals surface area (Å²) in [6.45, 7) is 10.8. The lowest BCUT2D eigenvalue weighted by molar-refractivity contribution is -0.931. The Bertz CT molecular complexity index is 2380. The largest absolute Gasteiger partial charge is 0.524 e. The Morgan fingerprint density at radius 1 is 0.947 bits per heavy atom. The number of aliphatic hydroxyl groups is 2. The average molecular weight is 1060 g/mol. The molecule has 15 nitrogen and oxygen atoms in total. The van der Waals surface area contributed by atoms with E-state index in [-0.39, 0.29) is 65.1 Å². The highest BCUT2D eigenvalue weighted by molar-refractivity contribution is 7.46. The number of rotatable bonds is 27. The quantitative estimate of drug-likeness (QED) is 0.0245. The second-order valence-electron chi connectivity index (χ2n) is 23.2. The van der Waals surface area contributed by atoms with Crippen molar-refractivity contribution in [3.05, 3.63) is 89.0 Å². The number of carbonyl (C=O) groups is 3. The molecular weight excluding hydrogens is 976 g/mol. The molecule has 5 aliphatic carbocycles. The predicted octanol–water partition coefficient (Wildman–Crippen LogP) is 8.80. The number of quaternary nitrogens is 1. The molecule has 4 unspecified atom stereocenters. The lowest BCUT2D eigenvalue weighted by Gasteiger charge is -2.59. The summed E-state index contributed by atoms with van der Waals surface area (Å²) in [4.78, 5) is 61.6. The van der Waals surface area contributed by atoms with Gasteiger partial charge in [-0.2, -0.15) is 0 Å². The summed E-state index contributed by atoms with van der Waals surface area (Å²) in [5, 5.41) is 26.9. The number of allylic oxidation sites excluding steroid dienone is 4. The summed E-state index contributed by atoms with van der Waals surface area (Å²) in [6, 6.07) is 15.2. The van der Waals surface area contributed by atoms with E-state index in [9.17, 15) is 34.2 Å². The number of phosphoric acid groups is 1. The second-order valence-corrected chi connectivity index (χ2v) is 24.4. The minimum absolute atomic E-state index is 0.0294. The Labute approximate surface area is 445 Å². The monoisotopic (exact) mass is 1060 g/mol. The molecule has 5 fully saturated rings. The molecule has 1 aliphatic heterocycles. The van der Waals surface area contributed by atoms with Gasteiger partial charge in [0.2, 0.25) is 5.78 Å². The molecule has 0 amide bonds. The van der Waals surface area contributed by atoms with Crippen molar-refractivity contribution >= 4 is 25.4 Å². The summed E-state index contributed by atoms with van der Waals surface area (Å²) in [5.74, 6) is -1.09. The summed E-state index contributed by atoms with van der Waals surface area (Å²) < 4.78 is 43.3. The third-order valence-corrected chi connectivity index (χ3v) is 19.1. The van der Waals surface area contributed by atoms with Crippen molar-refractivity contribution in [3.63, 3.8) is 0 Å². The predicted molar refractivity (Wildman–Crippen MR) is 284 cm³/mol. The van der Waals surface area contributed by atoms with Crippen LogP contribution in [-0.2, 0) is 50.9 Å². The van der Waals surface area contributed by atoms with E-state index in [0.717, 1.165) is 109 Å². The molecule has 10 atom stereocenters. The van der Waals surface area contributed by atoms with Gasteiger partial charge in [0, 0.05) is 48.0 Å². The van der Waals surface area contributed by atoms with E-state index in [1.807, 2.05) is 26.0 Å². The van der Waals surface area contributed by atoms with E-state index in [0.29, 0.717) is 43.6 Å². The minimum atomic E-state index is -4.99. The molecule has 2 aromatic carbocycles. The maximum absolute atomic E-state index is 15.2. The van der Waals surface area contributed by atoms with Crippen molar-refractivity contribution in [1.82, 2.24) is 5.32 Å². The molecule has 5 N–H and O–H groups in total. The first-order valence-electron chi connectivity index (χ1n) is 28.3. The Hall–Kier alpha value is -3.60. The number of nitrogens with one attached hydrogen (secondary N) is 1. The molecule has 16 heteroatoms. The van der Waals surface area contributed by atoms with Gasteiger partial charge in [0.15, 0.2) is 30.8 Å². The van der Waals surface area contributed by atoms with Gasteiger partial charge < -0.3 is 43.5 Å². The molecular formula is C59H86N2O13P+. The van der Waals surface area contributed by atoms with Gasteiger partial charge in [-0.1, -0.05) is 94.0 Å². The Morgan fingerprint density at radius 3 is 2.41 bits per heavy atom. The van der Waals surface area contributed by atoms with Crippen LogP contribution >= 0.6 is 7.82 Å². The molecule has 6 aliphatic rings. The molecule has 8 rings (SSSR count). The standard InChI is InChI=1S/C59H85N2O13P/c1-5-61(6-2,38-44-33-43(24-27-51(44)74-75(67,68)69)50(64)37-60-30-16-7-8-17-31-70-32-18-15-21-41-19-11-9-12-20-41)39-54(66)71-40-52(65)59-53(72-56(73-59)42-22-13-10-14-23-42)35-48-47-26-25-45-34-46(62)28-29-57(45,3)55(47)49(63)36-58(48,59)4/h9,11-12,19-20,24,27-29,33-34,42,47-50,53,55-56,60,63-64H,5-8,10,13-18,21-23,25-26,30-32,35-40H2,1-4H3,(H-,67,68,69)/p+1/t47?,48?,49?,50-,53+,55?,56+,57-,58-,59+/m0/s1. The van der Waals surface area contributed by atoms with Gasteiger partial charge in [-0.25, -0.2) is 9.36 Å². The van der Waals surface area contributed by atoms with Crippen LogP contribution in [0.15, 0.2) is 72.3 Å². The molecule has 414 valence electrons. The maximum atomic E-state index is 15.2. The van der Waals surface area contributed by atoms with Crippen LogP contribution in [0.3, 0.4) is 0 Å². The van der Waals surface area contributed by atoms with E-state index in [1.54, 1.807) is 24.3 Å². The van der Waals surface area contributed by atoms with E-state index < -0.39 is 61.4 Å².